The van der Waals surface area contributed by atoms with Gasteiger partial charge in [0.15, 0.2) is 11.6 Å². The summed E-state index contributed by atoms with van der Waals surface area (Å²) in [6.07, 6.45) is 0.804. The zero-order valence-electron chi connectivity index (χ0n) is 7.76. The lowest BCUT2D eigenvalue weighted by Gasteiger charge is -2.06. The molecule has 0 aliphatic carbocycles. The van der Waals surface area contributed by atoms with Crippen LogP contribution in [0.2, 0.25) is 0 Å². The number of carbonyl (C=O) groups is 1. The van der Waals surface area contributed by atoms with Crippen molar-refractivity contribution in [2.45, 2.75) is 19.4 Å². The number of benzene rings is 1. The molecule has 0 fully saturated rings. The molecule has 0 aliphatic heterocycles. The first kappa shape index (κ1) is 10.8. The van der Waals surface area contributed by atoms with E-state index in [4.69, 9.17) is 5.73 Å². The van der Waals surface area contributed by atoms with Crippen molar-refractivity contribution >= 4 is 6.29 Å². The maximum atomic E-state index is 12.9. The first-order chi connectivity index (χ1) is 6.54. The Hall–Kier alpha value is -1.29. The molecule has 4 heteroatoms. The topological polar surface area (TPSA) is 43.1 Å². The van der Waals surface area contributed by atoms with Gasteiger partial charge < -0.3 is 10.5 Å². The van der Waals surface area contributed by atoms with Crippen LogP contribution in [0.1, 0.15) is 11.1 Å². The largest absolute Gasteiger partial charge is 0.321 e. The van der Waals surface area contributed by atoms with Gasteiger partial charge in [-0.05, 0) is 30.5 Å². The van der Waals surface area contributed by atoms with Gasteiger partial charge in [0.25, 0.3) is 0 Å². The van der Waals surface area contributed by atoms with Crippen LogP contribution in [0, 0.1) is 18.6 Å². The molecule has 76 valence electrons. The Bertz CT molecular complexity index is 329. The minimum atomic E-state index is -0.905. The van der Waals surface area contributed by atoms with Gasteiger partial charge in [-0.3, -0.25) is 0 Å². The number of hydrogen-bond acceptors (Lipinski definition) is 2. The molecule has 1 aromatic rings. The highest BCUT2D eigenvalue weighted by molar-refractivity contribution is 5.57. The minimum absolute atomic E-state index is 0.220. The van der Waals surface area contributed by atoms with Crippen LogP contribution in [0.25, 0.3) is 0 Å². The fourth-order valence-electron chi connectivity index (χ4n) is 1.24. The average molecular weight is 199 g/mol. The molecule has 0 spiro atoms. The first-order valence-corrected chi connectivity index (χ1v) is 4.20. The van der Waals surface area contributed by atoms with Crippen molar-refractivity contribution in [3.63, 3.8) is 0 Å². The van der Waals surface area contributed by atoms with Gasteiger partial charge in [-0.15, -0.1) is 0 Å². The van der Waals surface area contributed by atoms with E-state index >= 15 is 0 Å². The Morgan fingerprint density at radius 3 is 2.64 bits per heavy atom. The molecule has 0 unspecified atom stereocenters. The second-order valence-corrected chi connectivity index (χ2v) is 3.21. The normalized spacial score (nSPS) is 12.6. The summed E-state index contributed by atoms with van der Waals surface area (Å²) >= 11 is 0. The minimum Gasteiger partial charge on any atom is -0.321 e. The van der Waals surface area contributed by atoms with Crippen molar-refractivity contribution in [1.82, 2.24) is 0 Å². The van der Waals surface area contributed by atoms with Crippen LogP contribution in [0.3, 0.4) is 0 Å². The molecular weight excluding hydrogens is 188 g/mol. The molecule has 1 atom stereocenters. The van der Waals surface area contributed by atoms with Crippen LogP contribution in [0.5, 0.6) is 0 Å². The van der Waals surface area contributed by atoms with E-state index in [0.29, 0.717) is 11.8 Å². The van der Waals surface area contributed by atoms with Gasteiger partial charge in [-0.1, -0.05) is 6.07 Å². The molecule has 1 aromatic carbocycles. The second kappa shape index (κ2) is 4.28. The van der Waals surface area contributed by atoms with Crippen LogP contribution in [-0.2, 0) is 11.2 Å². The van der Waals surface area contributed by atoms with E-state index in [2.05, 4.69) is 0 Å². The summed E-state index contributed by atoms with van der Waals surface area (Å²) < 4.78 is 25.7. The van der Waals surface area contributed by atoms with Gasteiger partial charge in [-0.25, -0.2) is 8.78 Å². The van der Waals surface area contributed by atoms with Gasteiger partial charge in [0.2, 0.25) is 0 Å². The van der Waals surface area contributed by atoms with E-state index in [0.717, 1.165) is 6.07 Å². The van der Waals surface area contributed by atoms with Gasteiger partial charge in [-0.2, -0.15) is 0 Å². The number of rotatable bonds is 3. The Labute approximate surface area is 80.7 Å². The summed E-state index contributed by atoms with van der Waals surface area (Å²) in [5, 5.41) is 0. The van der Waals surface area contributed by atoms with E-state index in [1.54, 1.807) is 0 Å². The molecule has 2 nitrogen and oxygen atoms in total. The van der Waals surface area contributed by atoms with Crippen molar-refractivity contribution in [3.8, 4) is 0 Å². The third-order valence-corrected chi connectivity index (χ3v) is 1.92. The van der Waals surface area contributed by atoms with Crippen molar-refractivity contribution in [3.05, 3.63) is 34.9 Å². The summed E-state index contributed by atoms with van der Waals surface area (Å²) in [7, 11) is 0. The third-order valence-electron chi connectivity index (χ3n) is 1.92. The number of carbonyl (C=O) groups excluding carboxylic acids is 1. The molecule has 0 heterocycles. The van der Waals surface area contributed by atoms with Crippen LogP contribution in [-0.4, -0.2) is 12.3 Å². The number of aldehydes is 1. The fraction of sp³-hybridized carbons (Fsp3) is 0.300. The van der Waals surface area contributed by atoms with Crippen molar-refractivity contribution in [2.24, 2.45) is 5.73 Å². The predicted octanol–water partition coefficient (Wildman–Crippen LogP) is 1.34. The van der Waals surface area contributed by atoms with Crippen molar-refractivity contribution < 1.29 is 13.6 Å². The molecular formula is C10H11F2NO. The SMILES string of the molecule is Cc1cc(C[C@H](N)C=O)cc(F)c1F. The molecule has 0 aromatic heterocycles. The molecule has 0 bridgehead atoms. The smallest absolute Gasteiger partial charge is 0.161 e. The molecule has 1 rings (SSSR count). The third kappa shape index (κ3) is 2.35. The Balaban J connectivity index is 2.95. The standard InChI is InChI=1S/C10H11F2NO/c1-6-2-7(3-8(13)5-14)4-9(11)10(6)12/h2,4-5,8H,3,13H2,1H3/t8-/m0/s1. The second-order valence-electron chi connectivity index (χ2n) is 3.21. The number of nitrogens with two attached hydrogens (primary N) is 1. The maximum absolute atomic E-state index is 12.9. The summed E-state index contributed by atoms with van der Waals surface area (Å²) in [4.78, 5) is 10.3. The van der Waals surface area contributed by atoms with E-state index < -0.39 is 17.7 Å². The maximum Gasteiger partial charge on any atom is 0.161 e. The van der Waals surface area contributed by atoms with Gasteiger partial charge >= 0.3 is 0 Å². The zero-order chi connectivity index (χ0) is 10.7. The summed E-state index contributed by atoms with van der Waals surface area (Å²) in [6.45, 7) is 1.47. The zero-order valence-corrected chi connectivity index (χ0v) is 7.76. The number of halogens is 2. The van der Waals surface area contributed by atoms with Gasteiger partial charge in [0.05, 0.1) is 6.04 Å². The molecule has 0 radical (unpaired) electrons. The van der Waals surface area contributed by atoms with Gasteiger partial charge in [0.1, 0.15) is 6.29 Å². The van der Waals surface area contributed by atoms with Crippen molar-refractivity contribution in [1.29, 1.82) is 0 Å². The van der Waals surface area contributed by atoms with Crippen LogP contribution >= 0.6 is 0 Å². The lowest BCUT2D eigenvalue weighted by Crippen LogP contribution is -2.24. The average Bonchev–Trinajstić information content (AvgIpc) is 2.14. The summed E-state index contributed by atoms with van der Waals surface area (Å²) in [5.41, 5.74) is 6.11. The van der Waals surface area contributed by atoms with E-state index in [9.17, 15) is 13.6 Å². The van der Waals surface area contributed by atoms with Crippen LogP contribution < -0.4 is 5.73 Å². The first-order valence-electron chi connectivity index (χ1n) is 4.20. The number of hydrogen-bond donors (Lipinski definition) is 1. The molecule has 0 saturated heterocycles. The van der Waals surface area contributed by atoms with Gasteiger partial charge in [0, 0.05) is 0 Å². The lowest BCUT2D eigenvalue weighted by atomic mass is 10.0. The Morgan fingerprint density at radius 1 is 1.50 bits per heavy atom. The highest BCUT2D eigenvalue weighted by Gasteiger charge is 2.09. The Morgan fingerprint density at radius 2 is 2.14 bits per heavy atom. The quantitative estimate of drug-likeness (QED) is 0.746. The van der Waals surface area contributed by atoms with Crippen LogP contribution in [0.15, 0.2) is 12.1 Å². The van der Waals surface area contributed by atoms with Crippen LogP contribution in [0.4, 0.5) is 8.78 Å². The number of aryl methyl sites for hydroxylation is 1. The summed E-state index contributed by atoms with van der Waals surface area (Å²) in [5.74, 6) is -1.76. The molecule has 0 aliphatic rings. The molecule has 14 heavy (non-hydrogen) atoms. The molecule has 0 amide bonds. The molecule has 2 N–H and O–H groups in total. The monoisotopic (exact) mass is 199 g/mol. The fourth-order valence-corrected chi connectivity index (χ4v) is 1.24. The Kier molecular flexibility index (Phi) is 3.30. The molecule has 0 saturated carbocycles. The van der Waals surface area contributed by atoms with Crippen molar-refractivity contribution in [2.75, 3.05) is 0 Å². The van der Waals surface area contributed by atoms with E-state index in [-0.39, 0.29) is 12.0 Å². The van der Waals surface area contributed by atoms with E-state index in [1.807, 2.05) is 0 Å². The highest BCUT2D eigenvalue weighted by atomic mass is 19.2. The lowest BCUT2D eigenvalue weighted by molar-refractivity contribution is -0.108. The highest BCUT2D eigenvalue weighted by Crippen LogP contribution is 2.14. The predicted molar refractivity (Wildman–Crippen MR) is 48.8 cm³/mol. The van der Waals surface area contributed by atoms with E-state index in [1.165, 1.54) is 13.0 Å². The summed E-state index contributed by atoms with van der Waals surface area (Å²) in [6, 6.07) is 1.88.